The summed E-state index contributed by atoms with van der Waals surface area (Å²) in [5.74, 6) is 0.839. The van der Waals surface area contributed by atoms with Crippen molar-refractivity contribution in [2.45, 2.75) is 25.9 Å². The van der Waals surface area contributed by atoms with E-state index >= 15 is 0 Å². The van der Waals surface area contributed by atoms with Crippen LogP contribution in [0, 0.1) is 11.3 Å². The van der Waals surface area contributed by atoms with E-state index in [-0.39, 0.29) is 12.1 Å². The minimum Gasteiger partial charge on any atom is -0.497 e. The van der Waals surface area contributed by atoms with Gasteiger partial charge in [0.05, 0.1) is 19.2 Å². The van der Waals surface area contributed by atoms with Crippen LogP contribution >= 0.6 is 0 Å². The van der Waals surface area contributed by atoms with Crippen LogP contribution in [-0.2, 0) is 0 Å². The van der Waals surface area contributed by atoms with Crippen LogP contribution in [0.5, 0.6) is 5.75 Å². The summed E-state index contributed by atoms with van der Waals surface area (Å²) in [6, 6.07) is 10.00. The molecule has 0 heterocycles. The molecule has 0 bridgehead atoms. The highest BCUT2D eigenvalue weighted by atomic mass is 16.5. The van der Waals surface area contributed by atoms with Crippen LogP contribution in [-0.4, -0.2) is 13.2 Å². The first-order valence-electron chi connectivity index (χ1n) is 4.97. The predicted octanol–water partition coefficient (Wildman–Crippen LogP) is 2.26. The fourth-order valence-electron chi connectivity index (χ4n) is 1.42. The maximum atomic E-state index is 8.69. The molecule has 3 nitrogen and oxygen atoms in total. The highest BCUT2D eigenvalue weighted by molar-refractivity contribution is 5.30. The number of ether oxygens (including phenoxy) is 1. The summed E-state index contributed by atoms with van der Waals surface area (Å²) in [6.07, 6.45) is 0. The predicted molar refractivity (Wildman–Crippen MR) is 59.6 cm³/mol. The molecule has 1 aromatic rings. The Balaban J connectivity index is 2.73. The molecule has 0 aliphatic carbocycles. The number of hydrogen-bond donors (Lipinski definition) is 1. The van der Waals surface area contributed by atoms with Crippen LogP contribution in [0.15, 0.2) is 24.3 Å². The molecule has 1 unspecified atom stereocenters. The molecule has 1 N–H and O–H groups in total. The molecular formula is C12H16N2O. The van der Waals surface area contributed by atoms with Gasteiger partial charge in [0, 0.05) is 6.04 Å². The number of methoxy groups -OCH3 is 1. The number of benzene rings is 1. The fourth-order valence-corrected chi connectivity index (χ4v) is 1.42. The smallest absolute Gasteiger partial charge is 0.119 e. The van der Waals surface area contributed by atoms with Crippen LogP contribution in [0.1, 0.15) is 25.5 Å². The normalized spacial score (nSPS) is 14.0. The van der Waals surface area contributed by atoms with Crippen molar-refractivity contribution in [2.24, 2.45) is 0 Å². The summed E-state index contributed by atoms with van der Waals surface area (Å²) in [5.41, 5.74) is 1.12. The Hall–Kier alpha value is -1.53. The first-order chi connectivity index (χ1) is 7.17. The molecule has 0 saturated carbocycles. The molecule has 1 rings (SSSR count). The lowest BCUT2D eigenvalue weighted by atomic mass is 10.1. The summed E-state index contributed by atoms with van der Waals surface area (Å²) in [7, 11) is 1.65. The molecule has 0 aromatic heterocycles. The molecule has 2 atom stereocenters. The first-order valence-corrected chi connectivity index (χ1v) is 4.97. The van der Waals surface area contributed by atoms with Crippen molar-refractivity contribution in [1.82, 2.24) is 5.32 Å². The summed E-state index contributed by atoms with van der Waals surface area (Å²) in [4.78, 5) is 0. The standard InChI is InChI=1S/C12H16N2O/c1-9(8-13)14-10(2)11-5-4-6-12(7-11)15-3/h4-7,9-10,14H,1-3H3/t9?,10-/m0/s1. The van der Waals surface area contributed by atoms with E-state index in [1.54, 1.807) is 7.11 Å². The van der Waals surface area contributed by atoms with Crippen molar-refractivity contribution < 1.29 is 4.74 Å². The van der Waals surface area contributed by atoms with E-state index in [4.69, 9.17) is 10.00 Å². The van der Waals surface area contributed by atoms with Crippen LogP contribution < -0.4 is 10.1 Å². The molecule has 80 valence electrons. The quantitative estimate of drug-likeness (QED) is 0.818. The minimum atomic E-state index is -0.147. The van der Waals surface area contributed by atoms with Crippen LogP contribution in [0.3, 0.4) is 0 Å². The van der Waals surface area contributed by atoms with Crippen molar-refractivity contribution in [3.63, 3.8) is 0 Å². The van der Waals surface area contributed by atoms with Gasteiger partial charge < -0.3 is 4.74 Å². The molecule has 0 radical (unpaired) electrons. The highest BCUT2D eigenvalue weighted by Gasteiger charge is 2.08. The van der Waals surface area contributed by atoms with E-state index in [0.717, 1.165) is 11.3 Å². The van der Waals surface area contributed by atoms with Gasteiger partial charge in [-0.1, -0.05) is 12.1 Å². The first kappa shape index (κ1) is 11.5. The Bertz CT molecular complexity index is 357. The maximum Gasteiger partial charge on any atom is 0.119 e. The number of nitrogens with one attached hydrogen (secondary N) is 1. The zero-order valence-corrected chi connectivity index (χ0v) is 9.32. The van der Waals surface area contributed by atoms with E-state index in [0.29, 0.717) is 0 Å². The molecule has 15 heavy (non-hydrogen) atoms. The SMILES string of the molecule is COc1cccc([C@H](C)NC(C)C#N)c1. The number of nitriles is 1. The summed E-state index contributed by atoms with van der Waals surface area (Å²) < 4.78 is 5.14. The summed E-state index contributed by atoms with van der Waals surface area (Å²) >= 11 is 0. The fraction of sp³-hybridized carbons (Fsp3) is 0.417. The van der Waals surface area contributed by atoms with E-state index in [1.807, 2.05) is 38.1 Å². The molecule has 0 spiro atoms. The van der Waals surface area contributed by atoms with Gasteiger partial charge >= 0.3 is 0 Å². The number of hydrogen-bond acceptors (Lipinski definition) is 3. The lowest BCUT2D eigenvalue weighted by molar-refractivity contribution is 0.413. The second kappa shape index (κ2) is 5.38. The Kier molecular flexibility index (Phi) is 4.14. The second-order valence-corrected chi connectivity index (χ2v) is 3.52. The number of nitrogens with zero attached hydrogens (tertiary/aromatic N) is 1. The molecule has 0 amide bonds. The van der Waals surface area contributed by atoms with Crippen molar-refractivity contribution in [1.29, 1.82) is 5.26 Å². The van der Waals surface area contributed by atoms with Crippen LogP contribution in [0.25, 0.3) is 0 Å². The van der Waals surface area contributed by atoms with Gasteiger partial charge in [-0.25, -0.2) is 0 Å². The Morgan fingerprint density at radius 1 is 1.40 bits per heavy atom. The lowest BCUT2D eigenvalue weighted by Gasteiger charge is -2.16. The van der Waals surface area contributed by atoms with Gasteiger partial charge in [-0.3, -0.25) is 5.32 Å². The van der Waals surface area contributed by atoms with E-state index in [9.17, 15) is 0 Å². The van der Waals surface area contributed by atoms with Crippen LogP contribution in [0.2, 0.25) is 0 Å². The Morgan fingerprint density at radius 2 is 2.13 bits per heavy atom. The van der Waals surface area contributed by atoms with Gasteiger partial charge in [0.15, 0.2) is 0 Å². The monoisotopic (exact) mass is 204 g/mol. The zero-order chi connectivity index (χ0) is 11.3. The highest BCUT2D eigenvalue weighted by Crippen LogP contribution is 2.18. The Morgan fingerprint density at radius 3 is 2.73 bits per heavy atom. The van der Waals surface area contributed by atoms with Gasteiger partial charge in [0.25, 0.3) is 0 Å². The summed E-state index contributed by atoms with van der Waals surface area (Å²) in [5, 5.41) is 11.9. The van der Waals surface area contributed by atoms with Gasteiger partial charge in [-0.2, -0.15) is 5.26 Å². The molecular weight excluding hydrogens is 188 g/mol. The van der Waals surface area contributed by atoms with E-state index in [1.165, 1.54) is 0 Å². The van der Waals surface area contributed by atoms with Gasteiger partial charge in [0.2, 0.25) is 0 Å². The third-order valence-electron chi connectivity index (χ3n) is 2.29. The van der Waals surface area contributed by atoms with Crippen molar-refractivity contribution in [3.05, 3.63) is 29.8 Å². The van der Waals surface area contributed by atoms with Crippen molar-refractivity contribution in [2.75, 3.05) is 7.11 Å². The summed E-state index contributed by atoms with van der Waals surface area (Å²) in [6.45, 7) is 3.87. The molecule has 3 heteroatoms. The largest absolute Gasteiger partial charge is 0.497 e. The molecule has 0 aliphatic heterocycles. The molecule has 0 fully saturated rings. The average Bonchev–Trinajstić information content (AvgIpc) is 2.28. The van der Waals surface area contributed by atoms with Gasteiger partial charge in [0.1, 0.15) is 5.75 Å². The third-order valence-corrected chi connectivity index (χ3v) is 2.29. The number of rotatable bonds is 4. The topological polar surface area (TPSA) is 45.0 Å². The van der Waals surface area contributed by atoms with Gasteiger partial charge in [-0.05, 0) is 31.5 Å². The van der Waals surface area contributed by atoms with Crippen LogP contribution in [0.4, 0.5) is 0 Å². The minimum absolute atomic E-state index is 0.147. The van der Waals surface area contributed by atoms with Crippen molar-refractivity contribution in [3.8, 4) is 11.8 Å². The van der Waals surface area contributed by atoms with E-state index < -0.39 is 0 Å². The third kappa shape index (κ3) is 3.26. The molecule has 1 aromatic carbocycles. The van der Waals surface area contributed by atoms with Crippen molar-refractivity contribution >= 4 is 0 Å². The average molecular weight is 204 g/mol. The van der Waals surface area contributed by atoms with E-state index in [2.05, 4.69) is 11.4 Å². The van der Waals surface area contributed by atoms with Gasteiger partial charge in [-0.15, -0.1) is 0 Å². The molecule has 0 aliphatic rings. The second-order valence-electron chi connectivity index (χ2n) is 3.52. The zero-order valence-electron chi connectivity index (χ0n) is 9.32. The lowest BCUT2D eigenvalue weighted by Crippen LogP contribution is -2.27. The maximum absolute atomic E-state index is 8.69. The Labute approximate surface area is 90.7 Å². The molecule has 0 saturated heterocycles.